The van der Waals surface area contributed by atoms with Crippen LogP contribution in [0.2, 0.25) is 0 Å². The fraction of sp³-hybridized carbons (Fsp3) is 0.333. The minimum Gasteiger partial charge on any atom is -0.208 e. The maximum atomic E-state index is 5.44. The third kappa shape index (κ3) is 1.07. The van der Waals surface area contributed by atoms with Crippen LogP contribution in [0.15, 0.2) is 28.8 Å². The van der Waals surface area contributed by atoms with E-state index in [0.29, 0.717) is 0 Å². The van der Waals surface area contributed by atoms with Gasteiger partial charge in [-0.3, -0.25) is 0 Å². The summed E-state index contributed by atoms with van der Waals surface area (Å²) in [5.74, 6) is 0. The lowest BCUT2D eigenvalue weighted by Crippen LogP contribution is -2.36. The third-order valence-corrected chi connectivity index (χ3v) is 1.71. The molecule has 0 amide bonds. The first kappa shape index (κ1) is 7.28. The number of rotatable bonds is 1. The Kier molecular flexibility index (Phi) is 1.57. The Morgan fingerprint density at radius 1 is 1.33 bits per heavy atom. The molecule has 2 rings (SSSR count). The lowest BCUT2D eigenvalue weighted by atomic mass is 10.3. The quantitative estimate of drug-likeness (QED) is 0.599. The van der Waals surface area contributed by atoms with E-state index in [0.717, 1.165) is 11.1 Å². The van der Waals surface area contributed by atoms with Gasteiger partial charge in [0.05, 0.1) is 4.85 Å². The van der Waals surface area contributed by atoms with Crippen LogP contribution in [0.4, 0.5) is 0 Å². The van der Waals surface area contributed by atoms with Gasteiger partial charge < -0.3 is 0 Å². The van der Waals surface area contributed by atoms with E-state index in [1.807, 2.05) is 38.1 Å². The molecule has 0 aliphatic rings. The van der Waals surface area contributed by atoms with Gasteiger partial charge in [0.15, 0.2) is 5.52 Å². The van der Waals surface area contributed by atoms with E-state index in [2.05, 4.69) is 5.10 Å². The van der Waals surface area contributed by atoms with E-state index in [4.69, 9.17) is 4.52 Å². The largest absolute Gasteiger partial charge is 0.238 e. The second-order valence-corrected chi connectivity index (χ2v) is 3.06. The van der Waals surface area contributed by atoms with Gasteiger partial charge in [0, 0.05) is 18.9 Å². The molecule has 0 saturated carbocycles. The topological polar surface area (TPSA) is 29.9 Å². The summed E-state index contributed by atoms with van der Waals surface area (Å²) < 4.78 is 5.44. The summed E-state index contributed by atoms with van der Waals surface area (Å²) in [7, 11) is 0. The Bertz CT molecular complexity index is 359. The molecule has 3 nitrogen and oxygen atoms in total. The van der Waals surface area contributed by atoms with E-state index in [-0.39, 0.29) is 6.04 Å². The highest BCUT2D eigenvalue weighted by Crippen LogP contribution is 2.08. The van der Waals surface area contributed by atoms with Crippen molar-refractivity contribution in [2.75, 3.05) is 0 Å². The average Bonchev–Trinajstić information content (AvgIpc) is 2.46. The molecule has 0 atom stereocenters. The van der Waals surface area contributed by atoms with Crippen molar-refractivity contribution in [3.8, 4) is 0 Å². The molecule has 0 spiro atoms. The monoisotopic (exact) mass is 163 g/mol. The van der Waals surface area contributed by atoms with Gasteiger partial charge in [-0.1, -0.05) is 12.1 Å². The van der Waals surface area contributed by atoms with Crippen LogP contribution in [-0.4, -0.2) is 5.10 Å². The minimum atomic E-state index is 0.275. The predicted molar refractivity (Wildman–Crippen MR) is 44.6 cm³/mol. The number of hydrogen-bond acceptors (Lipinski definition) is 2. The summed E-state index contributed by atoms with van der Waals surface area (Å²) in [5.41, 5.74) is 1.75. The number of benzene rings is 1. The molecule has 0 aliphatic carbocycles. The molecule has 0 fully saturated rings. The van der Waals surface area contributed by atoms with Crippen LogP contribution in [0, 0.1) is 0 Å². The Labute approximate surface area is 70.6 Å². The van der Waals surface area contributed by atoms with E-state index < -0.39 is 0 Å². The maximum absolute atomic E-state index is 5.44. The second kappa shape index (κ2) is 2.59. The molecular weight excluding hydrogens is 152 g/mol. The molecule has 3 heteroatoms. The molecule has 0 unspecified atom stereocenters. The maximum Gasteiger partial charge on any atom is 0.238 e. The van der Waals surface area contributed by atoms with Gasteiger partial charge in [-0.05, 0) is 12.1 Å². The molecule has 0 bridgehead atoms. The summed E-state index contributed by atoms with van der Waals surface area (Å²) in [6, 6.07) is 8.03. The number of para-hydroxylation sites is 1. The van der Waals surface area contributed by atoms with Gasteiger partial charge in [0.2, 0.25) is 11.6 Å². The Hall–Kier alpha value is -1.38. The van der Waals surface area contributed by atoms with Crippen LogP contribution in [-0.2, 0) is 0 Å². The van der Waals surface area contributed by atoms with E-state index in [1.165, 1.54) is 0 Å². The molecule has 0 N–H and O–H groups in total. The van der Waals surface area contributed by atoms with Crippen molar-refractivity contribution in [2.24, 2.45) is 0 Å². The Morgan fingerprint density at radius 3 is 2.75 bits per heavy atom. The van der Waals surface area contributed by atoms with Crippen LogP contribution in [0.5, 0.6) is 0 Å². The zero-order chi connectivity index (χ0) is 8.55. The molecule has 1 aromatic carbocycles. The predicted octanol–water partition coefficient (Wildman–Crippen LogP) is 1.70. The SMILES string of the molecule is CC(C)[n+]1nc2ccccc2o1. The first-order valence-electron chi connectivity index (χ1n) is 4.05. The Morgan fingerprint density at radius 2 is 2.08 bits per heavy atom. The summed E-state index contributed by atoms with van der Waals surface area (Å²) in [5, 5.41) is 4.26. The lowest BCUT2D eigenvalue weighted by Gasteiger charge is -1.83. The molecule has 1 heterocycles. The van der Waals surface area contributed by atoms with E-state index in [9.17, 15) is 0 Å². The third-order valence-electron chi connectivity index (χ3n) is 1.71. The summed E-state index contributed by atoms with van der Waals surface area (Å²) in [4.78, 5) is 1.62. The van der Waals surface area contributed by atoms with Crippen LogP contribution in [0.3, 0.4) is 0 Å². The molecule has 12 heavy (non-hydrogen) atoms. The van der Waals surface area contributed by atoms with Crippen molar-refractivity contribution < 1.29 is 9.38 Å². The molecule has 2 aromatic rings. The average molecular weight is 163 g/mol. The normalized spacial score (nSPS) is 11.2. The van der Waals surface area contributed by atoms with Gasteiger partial charge in [-0.25, -0.2) is 4.52 Å². The van der Waals surface area contributed by atoms with Gasteiger partial charge in [0.1, 0.15) is 0 Å². The number of nitrogens with zero attached hydrogens (tertiary/aromatic N) is 2. The van der Waals surface area contributed by atoms with Gasteiger partial charge >= 0.3 is 0 Å². The summed E-state index contributed by atoms with van der Waals surface area (Å²) >= 11 is 0. The molecule has 0 radical (unpaired) electrons. The molecule has 1 aromatic heterocycles. The highest BCUT2D eigenvalue weighted by atomic mass is 16.5. The zero-order valence-corrected chi connectivity index (χ0v) is 7.19. The highest BCUT2D eigenvalue weighted by Gasteiger charge is 2.15. The fourth-order valence-corrected chi connectivity index (χ4v) is 1.07. The number of fused-ring (bicyclic) bond motifs is 1. The van der Waals surface area contributed by atoms with Crippen molar-refractivity contribution in [3.05, 3.63) is 24.3 Å². The van der Waals surface area contributed by atoms with Crippen molar-refractivity contribution in [1.29, 1.82) is 0 Å². The van der Waals surface area contributed by atoms with Crippen LogP contribution in [0.1, 0.15) is 19.9 Å². The molecule has 0 saturated heterocycles. The van der Waals surface area contributed by atoms with Crippen molar-refractivity contribution in [2.45, 2.75) is 19.9 Å². The van der Waals surface area contributed by atoms with Crippen LogP contribution in [0.25, 0.3) is 11.1 Å². The van der Waals surface area contributed by atoms with E-state index >= 15 is 0 Å². The fourth-order valence-electron chi connectivity index (χ4n) is 1.07. The smallest absolute Gasteiger partial charge is 0.208 e. The van der Waals surface area contributed by atoms with Gasteiger partial charge in [0.25, 0.3) is 0 Å². The number of aromatic nitrogens is 2. The van der Waals surface area contributed by atoms with Gasteiger partial charge in [-0.2, -0.15) is 0 Å². The van der Waals surface area contributed by atoms with Gasteiger partial charge in [-0.15, -0.1) is 0 Å². The Balaban J connectivity index is 2.62. The van der Waals surface area contributed by atoms with Crippen molar-refractivity contribution in [3.63, 3.8) is 0 Å². The first-order chi connectivity index (χ1) is 5.77. The van der Waals surface area contributed by atoms with Crippen molar-refractivity contribution in [1.82, 2.24) is 5.10 Å². The summed E-state index contributed by atoms with van der Waals surface area (Å²) in [6.45, 7) is 4.07. The number of hydrogen-bond donors (Lipinski definition) is 0. The van der Waals surface area contributed by atoms with Crippen molar-refractivity contribution >= 4 is 11.1 Å². The lowest BCUT2D eigenvalue weighted by molar-refractivity contribution is -0.918. The molecule has 0 aliphatic heterocycles. The standard InChI is InChI=1S/C9H11N2O/c1-7(2)11-10-8-5-3-4-6-9(8)12-11/h3-7H,1-2H3/q+1. The summed E-state index contributed by atoms with van der Waals surface area (Å²) in [6.07, 6.45) is 0. The molecule has 62 valence electrons. The zero-order valence-electron chi connectivity index (χ0n) is 7.19. The minimum absolute atomic E-state index is 0.275. The highest BCUT2D eigenvalue weighted by molar-refractivity contribution is 5.69. The van der Waals surface area contributed by atoms with Crippen LogP contribution >= 0.6 is 0 Å². The van der Waals surface area contributed by atoms with E-state index in [1.54, 1.807) is 4.85 Å². The van der Waals surface area contributed by atoms with Crippen LogP contribution < -0.4 is 4.85 Å². The second-order valence-electron chi connectivity index (χ2n) is 3.06. The molecular formula is C9H11N2O+. The first-order valence-corrected chi connectivity index (χ1v) is 4.05.